The van der Waals surface area contributed by atoms with Crippen molar-refractivity contribution in [2.45, 2.75) is 0 Å². The van der Waals surface area contributed by atoms with E-state index in [-0.39, 0.29) is 5.82 Å². The van der Waals surface area contributed by atoms with E-state index in [4.69, 9.17) is 0 Å². The van der Waals surface area contributed by atoms with Crippen molar-refractivity contribution in [3.8, 4) is 10.6 Å². The van der Waals surface area contributed by atoms with Gasteiger partial charge in [-0.2, -0.15) is 0 Å². The van der Waals surface area contributed by atoms with Crippen molar-refractivity contribution in [1.82, 2.24) is 4.98 Å². The lowest BCUT2D eigenvalue weighted by Gasteiger charge is -1.93. The van der Waals surface area contributed by atoms with Gasteiger partial charge in [0.2, 0.25) is 0 Å². The molecule has 0 spiro atoms. The van der Waals surface area contributed by atoms with Gasteiger partial charge in [0.05, 0.1) is 16.1 Å². The molecule has 0 fully saturated rings. The molecule has 0 saturated heterocycles. The van der Waals surface area contributed by atoms with Crippen LogP contribution in [0.2, 0.25) is 0 Å². The number of halogens is 2. The second-order valence-electron chi connectivity index (χ2n) is 3.51. The van der Waals surface area contributed by atoms with Gasteiger partial charge in [0.1, 0.15) is 5.82 Å². The summed E-state index contributed by atoms with van der Waals surface area (Å²) in [5.74, 6) is -0.229. The van der Waals surface area contributed by atoms with Gasteiger partial charge in [0, 0.05) is 9.86 Å². The number of nitrogens with one attached hydrogen (secondary N) is 1. The summed E-state index contributed by atoms with van der Waals surface area (Å²) in [4.78, 5) is 4.23. The number of H-pyrrole nitrogens is 1. The van der Waals surface area contributed by atoms with E-state index in [9.17, 15) is 4.39 Å². The molecule has 0 radical (unpaired) electrons. The largest absolute Gasteiger partial charge is 0.351 e. The van der Waals surface area contributed by atoms with Crippen molar-refractivity contribution in [3.63, 3.8) is 0 Å². The van der Waals surface area contributed by atoms with E-state index in [0.717, 1.165) is 20.4 Å². The fourth-order valence-corrected chi connectivity index (χ4v) is 2.88. The quantitative estimate of drug-likeness (QED) is 0.664. The minimum atomic E-state index is -0.229. The number of hydrogen-bond acceptors (Lipinski definition) is 1. The average molecular weight is 296 g/mol. The first-order valence-corrected chi connectivity index (χ1v) is 6.43. The van der Waals surface area contributed by atoms with E-state index in [1.165, 1.54) is 6.07 Å². The molecule has 1 aromatic carbocycles. The van der Waals surface area contributed by atoms with Gasteiger partial charge in [-0.15, -0.1) is 11.3 Å². The molecule has 0 aliphatic heterocycles. The summed E-state index contributed by atoms with van der Waals surface area (Å²) in [6, 6.07) is 9.35. The molecule has 0 amide bonds. The van der Waals surface area contributed by atoms with Crippen LogP contribution < -0.4 is 0 Å². The summed E-state index contributed by atoms with van der Waals surface area (Å²) in [7, 11) is 0. The lowest BCUT2D eigenvalue weighted by molar-refractivity contribution is 0.636. The standard InChI is InChI=1S/C12H7BrFNS/c13-8-4-7-5-10(11-2-1-3-16-11)15-12(7)9(14)6-8/h1-6,15H. The van der Waals surface area contributed by atoms with Crippen LogP contribution in [-0.2, 0) is 0 Å². The van der Waals surface area contributed by atoms with Gasteiger partial charge in [0.25, 0.3) is 0 Å². The predicted molar refractivity (Wildman–Crippen MR) is 69.3 cm³/mol. The predicted octanol–water partition coefficient (Wildman–Crippen LogP) is 4.80. The Morgan fingerprint density at radius 3 is 2.88 bits per heavy atom. The Morgan fingerprint density at radius 2 is 2.12 bits per heavy atom. The average Bonchev–Trinajstić information content (AvgIpc) is 2.82. The molecule has 80 valence electrons. The minimum Gasteiger partial charge on any atom is -0.351 e. The highest BCUT2D eigenvalue weighted by molar-refractivity contribution is 9.10. The molecule has 0 aliphatic rings. The Kier molecular flexibility index (Phi) is 2.33. The van der Waals surface area contributed by atoms with Crippen LogP contribution in [-0.4, -0.2) is 4.98 Å². The maximum absolute atomic E-state index is 13.6. The summed E-state index contributed by atoms with van der Waals surface area (Å²) < 4.78 is 14.4. The lowest BCUT2D eigenvalue weighted by atomic mass is 10.2. The Labute approximate surface area is 104 Å². The number of aromatic nitrogens is 1. The molecule has 0 atom stereocenters. The molecular weight excluding hydrogens is 289 g/mol. The molecule has 3 rings (SSSR count). The fraction of sp³-hybridized carbons (Fsp3) is 0. The van der Waals surface area contributed by atoms with Gasteiger partial charge in [-0.05, 0) is 29.6 Å². The second kappa shape index (κ2) is 3.71. The summed E-state index contributed by atoms with van der Waals surface area (Å²) in [5, 5.41) is 2.89. The Bertz CT molecular complexity index is 642. The second-order valence-corrected chi connectivity index (χ2v) is 5.38. The summed E-state index contributed by atoms with van der Waals surface area (Å²) in [6.45, 7) is 0. The first kappa shape index (κ1) is 10.1. The monoisotopic (exact) mass is 295 g/mol. The third-order valence-corrected chi connectivity index (χ3v) is 3.79. The van der Waals surface area contributed by atoms with Crippen molar-refractivity contribution in [2.75, 3.05) is 0 Å². The number of fused-ring (bicyclic) bond motifs is 1. The highest BCUT2D eigenvalue weighted by Gasteiger charge is 2.08. The molecule has 1 N–H and O–H groups in total. The van der Waals surface area contributed by atoms with Gasteiger partial charge < -0.3 is 4.98 Å². The van der Waals surface area contributed by atoms with Crippen LogP contribution in [0.1, 0.15) is 0 Å². The van der Waals surface area contributed by atoms with Gasteiger partial charge in [-0.1, -0.05) is 22.0 Å². The Balaban J connectivity index is 2.27. The number of rotatable bonds is 1. The van der Waals surface area contributed by atoms with Gasteiger partial charge >= 0.3 is 0 Å². The summed E-state index contributed by atoms with van der Waals surface area (Å²) in [6.07, 6.45) is 0. The molecule has 0 unspecified atom stereocenters. The van der Waals surface area contributed by atoms with Crippen molar-refractivity contribution in [2.24, 2.45) is 0 Å². The topological polar surface area (TPSA) is 15.8 Å². The molecule has 1 nitrogen and oxygen atoms in total. The van der Waals surface area contributed by atoms with Crippen LogP contribution in [0.25, 0.3) is 21.5 Å². The first-order valence-electron chi connectivity index (χ1n) is 4.76. The van der Waals surface area contributed by atoms with E-state index in [2.05, 4.69) is 20.9 Å². The molecule has 0 aliphatic carbocycles. The Hall–Kier alpha value is -1.13. The summed E-state index contributed by atoms with van der Waals surface area (Å²) in [5.41, 5.74) is 1.52. The molecule has 16 heavy (non-hydrogen) atoms. The zero-order valence-corrected chi connectivity index (χ0v) is 10.5. The molecular formula is C12H7BrFNS. The highest BCUT2D eigenvalue weighted by Crippen LogP contribution is 2.30. The van der Waals surface area contributed by atoms with Crippen LogP contribution in [0.4, 0.5) is 4.39 Å². The van der Waals surface area contributed by atoms with Crippen LogP contribution >= 0.6 is 27.3 Å². The lowest BCUT2D eigenvalue weighted by Crippen LogP contribution is -1.77. The van der Waals surface area contributed by atoms with Gasteiger partial charge in [-0.25, -0.2) is 4.39 Å². The highest BCUT2D eigenvalue weighted by atomic mass is 79.9. The number of benzene rings is 1. The van der Waals surface area contributed by atoms with Crippen molar-refractivity contribution < 1.29 is 4.39 Å². The fourth-order valence-electron chi connectivity index (χ4n) is 1.73. The van der Waals surface area contributed by atoms with Gasteiger partial charge in [0.15, 0.2) is 0 Å². The van der Waals surface area contributed by atoms with Crippen LogP contribution in [0.15, 0.2) is 40.2 Å². The summed E-state index contributed by atoms with van der Waals surface area (Å²) >= 11 is 4.93. The SMILES string of the molecule is Fc1cc(Br)cc2cc(-c3cccs3)[nH]c12. The van der Waals surface area contributed by atoms with Gasteiger partial charge in [-0.3, -0.25) is 0 Å². The number of aromatic amines is 1. The van der Waals surface area contributed by atoms with E-state index in [0.29, 0.717) is 5.52 Å². The van der Waals surface area contributed by atoms with Crippen LogP contribution in [0.3, 0.4) is 0 Å². The molecule has 4 heteroatoms. The van der Waals surface area contributed by atoms with E-state index in [1.807, 2.05) is 29.6 Å². The van der Waals surface area contributed by atoms with Crippen LogP contribution in [0.5, 0.6) is 0 Å². The molecule has 0 saturated carbocycles. The smallest absolute Gasteiger partial charge is 0.148 e. The zero-order chi connectivity index (χ0) is 11.1. The Morgan fingerprint density at radius 1 is 1.25 bits per heavy atom. The van der Waals surface area contributed by atoms with E-state index >= 15 is 0 Å². The van der Waals surface area contributed by atoms with Crippen molar-refractivity contribution >= 4 is 38.2 Å². The molecule has 0 bridgehead atoms. The molecule has 2 heterocycles. The van der Waals surface area contributed by atoms with Crippen molar-refractivity contribution in [1.29, 1.82) is 0 Å². The number of thiophene rings is 1. The normalized spacial score (nSPS) is 11.1. The zero-order valence-electron chi connectivity index (χ0n) is 8.13. The van der Waals surface area contributed by atoms with Crippen LogP contribution in [0, 0.1) is 5.82 Å². The third-order valence-electron chi connectivity index (χ3n) is 2.43. The maximum Gasteiger partial charge on any atom is 0.148 e. The van der Waals surface area contributed by atoms with E-state index in [1.54, 1.807) is 11.3 Å². The van der Waals surface area contributed by atoms with Crippen molar-refractivity contribution in [3.05, 3.63) is 46.0 Å². The number of hydrogen-bond donors (Lipinski definition) is 1. The van der Waals surface area contributed by atoms with E-state index < -0.39 is 0 Å². The first-order chi connectivity index (χ1) is 7.74. The third kappa shape index (κ3) is 1.58. The molecule has 2 aromatic heterocycles. The molecule has 3 aromatic rings. The maximum atomic E-state index is 13.6. The minimum absolute atomic E-state index is 0.229.